The van der Waals surface area contributed by atoms with Crippen molar-refractivity contribution in [3.63, 3.8) is 0 Å². The van der Waals surface area contributed by atoms with E-state index in [-0.39, 0.29) is 49.9 Å². The van der Waals surface area contributed by atoms with Gasteiger partial charge in [0.1, 0.15) is 11.5 Å². The number of aromatic hydroxyl groups is 2. The summed E-state index contributed by atoms with van der Waals surface area (Å²) in [6, 6.07) is 18.6. The van der Waals surface area contributed by atoms with E-state index in [4.69, 9.17) is 0 Å². The number of benzene rings is 4. The van der Waals surface area contributed by atoms with Crippen LogP contribution in [0, 0.1) is 0 Å². The topological polar surface area (TPSA) is 164 Å². The lowest BCUT2D eigenvalue weighted by molar-refractivity contribution is 0.474. The minimum atomic E-state index is -4.60. The molecule has 0 atom stereocenters. The maximum atomic E-state index is 13.2. The Hall–Kier alpha value is -3.44. The zero-order valence-electron chi connectivity index (χ0n) is 17.2. The van der Waals surface area contributed by atoms with Gasteiger partial charge in [-0.25, -0.2) is 8.42 Å². The third kappa shape index (κ3) is 4.83. The molecule has 0 aliphatic heterocycles. The van der Waals surface area contributed by atoms with E-state index in [0.717, 1.165) is 0 Å². The molecule has 0 bridgehead atoms. The highest BCUT2D eigenvalue weighted by Crippen LogP contribution is 2.32. The summed E-state index contributed by atoms with van der Waals surface area (Å²) in [5.74, 6) is -0.289. The van der Waals surface area contributed by atoms with Crippen LogP contribution in [0.2, 0.25) is 0 Å². The van der Waals surface area contributed by atoms with Gasteiger partial charge >= 0.3 is 0 Å². The maximum absolute atomic E-state index is 13.2. The standard InChI is InChI=1S/C23H18O7S2.H3N/c24-19-5-8-21(9-6-19)31(26,27)22-10-7-20(25)13-18(22)12-17-11-15-3-1-2-4-16(15)14-23(17)32(28,29)30;/h1-11,13-14,24-25H,12H2,(H,28,29,30);1H3. The van der Waals surface area contributed by atoms with Crippen molar-refractivity contribution in [1.82, 2.24) is 6.15 Å². The Kier molecular flexibility index (Phi) is 6.48. The fourth-order valence-corrected chi connectivity index (χ4v) is 5.78. The molecule has 0 aromatic heterocycles. The van der Waals surface area contributed by atoms with Gasteiger partial charge in [0.15, 0.2) is 0 Å². The first-order valence-electron chi connectivity index (χ1n) is 9.41. The van der Waals surface area contributed by atoms with E-state index in [2.05, 4.69) is 0 Å². The molecule has 0 saturated carbocycles. The van der Waals surface area contributed by atoms with E-state index in [0.29, 0.717) is 10.8 Å². The molecule has 0 spiro atoms. The first kappa shape index (κ1) is 24.2. The summed E-state index contributed by atoms with van der Waals surface area (Å²) in [6.45, 7) is 0. The second-order valence-electron chi connectivity index (χ2n) is 7.25. The Balaban J connectivity index is 0.00000306. The third-order valence-corrected chi connectivity index (χ3v) is 7.87. The number of sulfone groups is 1. The van der Waals surface area contributed by atoms with E-state index in [1.54, 1.807) is 30.3 Å². The molecule has 4 rings (SSSR count). The van der Waals surface area contributed by atoms with Gasteiger partial charge < -0.3 is 16.4 Å². The monoisotopic (exact) mass is 487 g/mol. The molecular weight excluding hydrogens is 466 g/mol. The van der Waals surface area contributed by atoms with Crippen molar-refractivity contribution in [3.8, 4) is 11.5 Å². The van der Waals surface area contributed by atoms with Gasteiger partial charge in [0, 0.05) is 6.42 Å². The zero-order chi connectivity index (χ0) is 23.1. The molecule has 33 heavy (non-hydrogen) atoms. The number of hydrogen-bond donors (Lipinski definition) is 4. The van der Waals surface area contributed by atoms with Gasteiger partial charge in [-0.3, -0.25) is 4.55 Å². The second kappa shape index (κ2) is 8.83. The van der Waals surface area contributed by atoms with E-state index in [9.17, 15) is 31.6 Å². The molecule has 0 heterocycles. The molecule has 6 N–H and O–H groups in total. The molecule has 0 radical (unpaired) electrons. The number of phenolic OH excluding ortho intramolecular Hbond substituents is 2. The summed E-state index contributed by atoms with van der Waals surface area (Å²) in [5, 5.41) is 20.8. The minimum absolute atomic E-state index is 0. The summed E-state index contributed by atoms with van der Waals surface area (Å²) >= 11 is 0. The predicted molar refractivity (Wildman–Crippen MR) is 123 cm³/mol. The average Bonchev–Trinajstić information content (AvgIpc) is 2.73. The largest absolute Gasteiger partial charge is 0.508 e. The van der Waals surface area contributed by atoms with Crippen LogP contribution < -0.4 is 6.15 Å². The van der Waals surface area contributed by atoms with Crippen LogP contribution in [0.3, 0.4) is 0 Å². The summed E-state index contributed by atoms with van der Waals surface area (Å²) < 4.78 is 60.3. The van der Waals surface area contributed by atoms with Gasteiger partial charge in [0.05, 0.1) is 14.7 Å². The molecule has 4 aromatic rings. The van der Waals surface area contributed by atoms with Crippen LogP contribution in [-0.4, -0.2) is 31.6 Å². The summed E-state index contributed by atoms with van der Waals surface area (Å²) in [7, 11) is -8.65. The van der Waals surface area contributed by atoms with E-state index < -0.39 is 20.0 Å². The van der Waals surface area contributed by atoms with Crippen LogP contribution in [0.25, 0.3) is 10.8 Å². The third-order valence-electron chi connectivity index (χ3n) is 5.07. The smallest absolute Gasteiger partial charge is 0.294 e. The second-order valence-corrected chi connectivity index (χ2v) is 10.6. The Morgan fingerprint density at radius 2 is 1.18 bits per heavy atom. The van der Waals surface area contributed by atoms with Gasteiger partial charge in [-0.1, -0.05) is 24.3 Å². The maximum Gasteiger partial charge on any atom is 0.294 e. The molecule has 8 nitrogen and oxygen atoms in total. The van der Waals surface area contributed by atoms with Crippen molar-refractivity contribution in [2.45, 2.75) is 21.1 Å². The average molecular weight is 488 g/mol. The van der Waals surface area contributed by atoms with E-state index >= 15 is 0 Å². The normalized spacial score (nSPS) is 11.8. The van der Waals surface area contributed by atoms with Crippen molar-refractivity contribution in [3.05, 3.63) is 90.0 Å². The molecule has 0 saturated heterocycles. The summed E-state index contributed by atoms with van der Waals surface area (Å²) in [4.78, 5) is -0.543. The minimum Gasteiger partial charge on any atom is -0.508 e. The van der Waals surface area contributed by atoms with Crippen molar-refractivity contribution in [1.29, 1.82) is 0 Å². The van der Waals surface area contributed by atoms with Gasteiger partial charge in [-0.15, -0.1) is 0 Å². The molecule has 10 heteroatoms. The van der Waals surface area contributed by atoms with Crippen molar-refractivity contribution in [2.75, 3.05) is 0 Å². The number of phenols is 2. The number of hydrogen-bond acceptors (Lipinski definition) is 7. The fourth-order valence-electron chi connectivity index (χ4n) is 3.57. The highest BCUT2D eigenvalue weighted by Gasteiger charge is 2.24. The molecular formula is C23H21NO7S2. The molecule has 0 aliphatic rings. The lowest BCUT2D eigenvalue weighted by Crippen LogP contribution is -2.08. The Morgan fingerprint density at radius 1 is 0.636 bits per heavy atom. The SMILES string of the molecule is N.O=S(=O)(O)c1cc2ccccc2cc1Cc1cc(O)ccc1S(=O)(=O)c1ccc(O)cc1. The molecule has 0 unspecified atom stereocenters. The molecule has 4 aromatic carbocycles. The van der Waals surface area contributed by atoms with Gasteiger partial charge in [0.25, 0.3) is 10.1 Å². The van der Waals surface area contributed by atoms with Crippen LogP contribution in [0.5, 0.6) is 11.5 Å². The molecule has 0 aliphatic carbocycles. The first-order valence-corrected chi connectivity index (χ1v) is 12.3. The summed E-state index contributed by atoms with van der Waals surface area (Å²) in [6.07, 6.45) is -0.180. The van der Waals surface area contributed by atoms with Gasteiger partial charge in [-0.2, -0.15) is 8.42 Å². The van der Waals surface area contributed by atoms with Gasteiger partial charge in [0.2, 0.25) is 9.84 Å². The fraction of sp³-hybridized carbons (Fsp3) is 0.0435. The Bertz CT molecular complexity index is 1550. The highest BCUT2D eigenvalue weighted by molar-refractivity contribution is 7.91. The van der Waals surface area contributed by atoms with Crippen LogP contribution >= 0.6 is 0 Å². The van der Waals surface area contributed by atoms with Crippen molar-refractivity contribution >= 4 is 30.7 Å². The van der Waals surface area contributed by atoms with Crippen molar-refractivity contribution in [2.24, 2.45) is 0 Å². The predicted octanol–water partition coefficient (Wildman–Crippen LogP) is 4.08. The van der Waals surface area contributed by atoms with Crippen LogP contribution in [0.4, 0.5) is 0 Å². The van der Waals surface area contributed by atoms with Crippen molar-refractivity contribution < 1.29 is 31.6 Å². The molecule has 172 valence electrons. The number of fused-ring (bicyclic) bond motifs is 1. The van der Waals surface area contributed by atoms with Crippen LogP contribution in [0.1, 0.15) is 11.1 Å². The number of rotatable bonds is 5. The Morgan fingerprint density at radius 3 is 1.79 bits per heavy atom. The van der Waals surface area contributed by atoms with E-state index in [1.807, 2.05) is 0 Å². The van der Waals surface area contributed by atoms with Gasteiger partial charge in [-0.05, 0) is 76.5 Å². The first-order chi connectivity index (χ1) is 15.1. The van der Waals surface area contributed by atoms with Crippen LogP contribution in [0.15, 0.2) is 93.5 Å². The zero-order valence-corrected chi connectivity index (χ0v) is 18.8. The van der Waals surface area contributed by atoms with Crippen LogP contribution in [-0.2, 0) is 26.4 Å². The quantitative estimate of drug-likeness (QED) is 0.306. The van der Waals surface area contributed by atoms with E-state index in [1.165, 1.54) is 48.5 Å². The lowest BCUT2D eigenvalue weighted by atomic mass is 10.0. The Labute approximate surface area is 191 Å². The summed E-state index contributed by atoms with van der Waals surface area (Å²) in [5.41, 5.74) is 0.331. The molecule has 0 amide bonds. The lowest BCUT2D eigenvalue weighted by Gasteiger charge is -2.14. The molecule has 0 fully saturated rings. The highest BCUT2D eigenvalue weighted by atomic mass is 32.2.